The average Bonchev–Trinajstić information content (AvgIpc) is 2.72. The molecule has 2 amide bonds. The van der Waals surface area contributed by atoms with E-state index >= 15 is 0 Å². The van der Waals surface area contributed by atoms with E-state index in [0.29, 0.717) is 13.0 Å². The van der Waals surface area contributed by atoms with Gasteiger partial charge in [0, 0.05) is 19.3 Å². The van der Waals surface area contributed by atoms with Gasteiger partial charge in [0.15, 0.2) is 0 Å². The van der Waals surface area contributed by atoms with Crippen molar-refractivity contribution < 1.29 is 14.7 Å². The largest absolute Gasteiger partial charge is 0.480 e. The van der Waals surface area contributed by atoms with Crippen LogP contribution < -0.4 is 4.90 Å². The van der Waals surface area contributed by atoms with Crippen molar-refractivity contribution in [3.05, 3.63) is 30.3 Å². The Morgan fingerprint density at radius 1 is 1.20 bits per heavy atom. The zero-order valence-corrected chi connectivity index (χ0v) is 11.7. The van der Waals surface area contributed by atoms with E-state index in [1.165, 1.54) is 9.80 Å². The van der Waals surface area contributed by atoms with Crippen LogP contribution in [0.1, 0.15) is 25.7 Å². The standard InChI is InChI=1S/C15H20N2O3/c1-16(12-8-4-2-5-9-12)15(20)17-11-7-3-6-10-13(17)14(18)19/h2,4-5,8-9,13H,3,6-7,10-11H2,1H3,(H,18,19). The summed E-state index contributed by atoms with van der Waals surface area (Å²) in [5, 5.41) is 9.32. The summed E-state index contributed by atoms with van der Waals surface area (Å²) in [7, 11) is 1.68. The van der Waals surface area contributed by atoms with Gasteiger partial charge < -0.3 is 10.0 Å². The van der Waals surface area contributed by atoms with Gasteiger partial charge in [0.05, 0.1) is 0 Å². The molecule has 1 fully saturated rings. The van der Waals surface area contributed by atoms with E-state index in [-0.39, 0.29) is 6.03 Å². The highest BCUT2D eigenvalue weighted by atomic mass is 16.4. The maximum atomic E-state index is 12.6. The molecule has 1 aliphatic rings. The number of aliphatic carboxylic acids is 1. The van der Waals surface area contributed by atoms with E-state index in [4.69, 9.17) is 0 Å². The Hall–Kier alpha value is -2.04. The number of para-hydroxylation sites is 1. The van der Waals surface area contributed by atoms with E-state index in [9.17, 15) is 14.7 Å². The van der Waals surface area contributed by atoms with Crippen LogP contribution >= 0.6 is 0 Å². The number of rotatable bonds is 2. The highest BCUT2D eigenvalue weighted by Gasteiger charge is 2.32. The number of carbonyl (C=O) groups excluding carboxylic acids is 1. The smallest absolute Gasteiger partial charge is 0.326 e. The monoisotopic (exact) mass is 276 g/mol. The molecular weight excluding hydrogens is 256 g/mol. The Labute approximate surface area is 118 Å². The third kappa shape index (κ3) is 3.10. The second-order valence-electron chi connectivity index (χ2n) is 5.07. The first kappa shape index (κ1) is 14.4. The van der Waals surface area contributed by atoms with E-state index in [1.807, 2.05) is 30.3 Å². The molecule has 1 heterocycles. The van der Waals surface area contributed by atoms with Gasteiger partial charge in [0.2, 0.25) is 0 Å². The van der Waals surface area contributed by atoms with Gasteiger partial charge in [-0.05, 0) is 25.0 Å². The quantitative estimate of drug-likeness (QED) is 0.903. The van der Waals surface area contributed by atoms with Gasteiger partial charge in [0.25, 0.3) is 0 Å². The predicted molar refractivity (Wildman–Crippen MR) is 76.8 cm³/mol. The molecule has 0 radical (unpaired) electrons. The molecule has 1 aromatic rings. The Morgan fingerprint density at radius 3 is 2.55 bits per heavy atom. The molecule has 5 heteroatoms. The van der Waals surface area contributed by atoms with E-state index < -0.39 is 12.0 Å². The first-order valence-electron chi connectivity index (χ1n) is 6.93. The van der Waals surface area contributed by atoms with Crippen molar-refractivity contribution >= 4 is 17.7 Å². The summed E-state index contributed by atoms with van der Waals surface area (Å²) >= 11 is 0. The second-order valence-corrected chi connectivity index (χ2v) is 5.07. The summed E-state index contributed by atoms with van der Waals surface area (Å²) in [6.45, 7) is 0.507. The van der Waals surface area contributed by atoms with Crippen LogP contribution in [0.15, 0.2) is 30.3 Å². The molecule has 108 valence electrons. The zero-order chi connectivity index (χ0) is 14.5. The molecule has 0 aliphatic carbocycles. The van der Waals surface area contributed by atoms with Gasteiger partial charge in [-0.15, -0.1) is 0 Å². The summed E-state index contributed by atoms with van der Waals surface area (Å²) in [6.07, 6.45) is 3.22. The number of carboxylic acid groups (broad SMARTS) is 1. The fourth-order valence-corrected chi connectivity index (χ4v) is 2.55. The normalized spacial score (nSPS) is 19.2. The van der Waals surface area contributed by atoms with Crippen LogP contribution in [0, 0.1) is 0 Å². The summed E-state index contributed by atoms with van der Waals surface area (Å²) in [6, 6.07) is 8.32. The molecule has 0 saturated carbocycles. The third-order valence-electron chi connectivity index (χ3n) is 3.71. The lowest BCUT2D eigenvalue weighted by Gasteiger charge is -2.31. The molecule has 1 atom stereocenters. The van der Waals surface area contributed by atoms with Gasteiger partial charge in [0.1, 0.15) is 6.04 Å². The van der Waals surface area contributed by atoms with Crippen molar-refractivity contribution in [2.24, 2.45) is 0 Å². The first-order chi connectivity index (χ1) is 9.61. The Bertz CT molecular complexity index is 475. The molecule has 20 heavy (non-hydrogen) atoms. The lowest BCUT2D eigenvalue weighted by atomic mass is 10.1. The molecule has 0 spiro atoms. The number of hydrogen-bond donors (Lipinski definition) is 1. The Balaban J connectivity index is 2.18. The maximum absolute atomic E-state index is 12.6. The maximum Gasteiger partial charge on any atom is 0.326 e. The third-order valence-corrected chi connectivity index (χ3v) is 3.71. The highest BCUT2D eigenvalue weighted by molar-refractivity contribution is 5.94. The minimum absolute atomic E-state index is 0.245. The summed E-state index contributed by atoms with van der Waals surface area (Å²) < 4.78 is 0. The minimum Gasteiger partial charge on any atom is -0.480 e. The summed E-state index contributed by atoms with van der Waals surface area (Å²) in [4.78, 5) is 26.9. The van der Waals surface area contributed by atoms with Crippen LogP contribution in [0.4, 0.5) is 10.5 Å². The SMILES string of the molecule is CN(C(=O)N1CCCCCC1C(=O)O)c1ccccc1. The number of carboxylic acids is 1. The van der Waals surface area contributed by atoms with Crippen molar-refractivity contribution in [2.75, 3.05) is 18.5 Å². The molecular formula is C15H20N2O3. The molecule has 1 aromatic carbocycles. The zero-order valence-electron chi connectivity index (χ0n) is 11.7. The van der Waals surface area contributed by atoms with Gasteiger partial charge in [-0.2, -0.15) is 0 Å². The van der Waals surface area contributed by atoms with E-state index in [0.717, 1.165) is 24.9 Å². The fourth-order valence-electron chi connectivity index (χ4n) is 2.55. The van der Waals surface area contributed by atoms with Crippen LogP contribution in [0.2, 0.25) is 0 Å². The van der Waals surface area contributed by atoms with Crippen LogP contribution in [-0.2, 0) is 4.79 Å². The van der Waals surface area contributed by atoms with Crippen molar-refractivity contribution in [1.82, 2.24) is 4.90 Å². The number of benzene rings is 1. The average molecular weight is 276 g/mol. The molecule has 5 nitrogen and oxygen atoms in total. The summed E-state index contributed by atoms with van der Waals surface area (Å²) in [5.74, 6) is -0.915. The Morgan fingerprint density at radius 2 is 1.90 bits per heavy atom. The lowest BCUT2D eigenvalue weighted by Crippen LogP contribution is -2.50. The number of likely N-dealkylation sites (tertiary alicyclic amines) is 1. The van der Waals surface area contributed by atoms with Crippen LogP contribution in [-0.4, -0.2) is 41.6 Å². The minimum atomic E-state index is -0.915. The Kier molecular flexibility index (Phi) is 4.61. The van der Waals surface area contributed by atoms with Crippen molar-refractivity contribution in [1.29, 1.82) is 0 Å². The molecule has 0 bridgehead atoms. The van der Waals surface area contributed by atoms with E-state index in [1.54, 1.807) is 7.05 Å². The number of amides is 2. The number of nitrogens with zero attached hydrogens (tertiary/aromatic N) is 2. The van der Waals surface area contributed by atoms with Crippen LogP contribution in [0.25, 0.3) is 0 Å². The van der Waals surface area contributed by atoms with Gasteiger partial charge >= 0.3 is 12.0 Å². The van der Waals surface area contributed by atoms with Crippen molar-refractivity contribution in [3.8, 4) is 0 Å². The molecule has 1 N–H and O–H groups in total. The van der Waals surface area contributed by atoms with Crippen molar-refractivity contribution in [2.45, 2.75) is 31.7 Å². The molecule has 2 rings (SSSR count). The number of hydrogen-bond acceptors (Lipinski definition) is 2. The van der Waals surface area contributed by atoms with Gasteiger partial charge in [-0.3, -0.25) is 4.90 Å². The van der Waals surface area contributed by atoms with Gasteiger partial charge in [-0.1, -0.05) is 31.0 Å². The van der Waals surface area contributed by atoms with Gasteiger partial charge in [-0.25, -0.2) is 9.59 Å². The first-order valence-corrected chi connectivity index (χ1v) is 6.93. The number of anilines is 1. The molecule has 0 aromatic heterocycles. The number of urea groups is 1. The second kappa shape index (κ2) is 6.41. The predicted octanol–water partition coefficient (Wildman–Crippen LogP) is 2.57. The molecule has 1 saturated heterocycles. The van der Waals surface area contributed by atoms with Crippen LogP contribution in [0.5, 0.6) is 0 Å². The fraction of sp³-hybridized carbons (Fsp3) is 0.467. The molecule has 1 aliphatic heterocycles. The highest BCUT2D eigenvalue weighted by Crippen LogP contribution is 2.21. The topological polar surface area (TPSA) is 60.9 Å². The van der Waals surface area contributed by atoms with Crippen LogP contribution in [0.3, 0.4) is 0 Å². The summed E-state index contributed by atoms with van der Waals surface area (Å²) in [5.41, 5.74) is 0.769. The molecule has 1 unspecified atom stereocenters. The number of carbonyl (C=O) groups is 2. The van der Waals surface area contributed by atoms with Crippen molar-refractivity contribution in [3.63, 3.8) is 0 Å². The van der Waals surface area contributed by atoms with E-state index in [2.05, 4.69) is 0 Å². The lowest BCUT2D eigenvalue weighted by molar-refractivity contribution is -0.142.